The van der Waals surface area contributed by atoms with E-state index in [0.29, 0.717) is 13.0 Å². The number of hydrogen-bond acceptors (Lipinski definition) is 4. The molecule has 0 atom stereocenters. The van der Waals surface area contributed by atoms with E-state index in [1.54, 1.807) is 0 Å². The summed E-state index contributed by atoms with van der Waals surface area (Å²) in [6.07, 6.45) is 0.631. The van der Waals surface area contributed by atoms with Crippen molar-refractivity contribution in [3.8, 4) is 0 Å². The van der Waals surface area contributed by atoms with Gasteiger partial charge < -0.3 is 10.1 Å². The number of ether oxygens (including phenoxy) is 1. The number of sulfonamides is 1. The Morgan fingerprint density at radius 3 is 2.74 bits per heavy atom. The number of carbonyl (C=O) groups excluding carboxylic acids is 1. The SMILES string of the molecule is COCCCC(=O)Nc1cc(S(N)(=O)=O)ccc1F. The molecule has 0 aliphatic carbocycles. The highest BCUT2D eigenvalue weighted by atomic mass is 32.2. The van der Waals surface area contributed by atoms with Gasteiger partial charge in [-0.1, -0.05) is 0 Å². The molecular weight excluding hydrogens is 275 g/mol. The average molecular weight is 290 g/mol. The van der Waals surface area contributed by atoms with E-state index >= 15 is 0 Å². The fourth-order valence-corrected chi connectivity index (χ4v) is 1.91. The molecule has 19 heavy (non-hydrogen) atoms. The molecule has 0 spiro atoms. The summed E-state index contributed by atoms with van der Waals surface area (Å²) in [6, 6.07) is 2.95. The lowest BCUT2D eigenvalue weighted by Crippen LogP contribution is -2.16. The average Bonchev–Trinajstić information content (AvgIpc) is 2.31. The Labute approximate surface area is 110 Å². The molecule has 1 rings (SSSR count). The number of nitrogens with one attached hydrogen (secondary N) is 1. The van der Waals surface area contributed by atoms with Crippen molar-refractivity contribution in [3.63, 3.8) is 0 Å². The maximum Gasteiger partial charge on any atom is 0.238 e. The van der Waals surface area contributed by atoms with Crippen LogP contribution in [0.25, 0.3) is 0 Å². The van der Waals surface area contributed by atoms with Crippen LogP contribution in [0.5, 0.6) is 0 Å². The maximum atomic E-state index is 13.4. The minimum atomic E-state index is -3.94. The number of amides is 1. The van der Waals surface area contributed by atoms with Gasteiger partial charge in [0.2, 0.25) is 15.9 Å². The summed E-state index contributed by atoms with van der Waals surface area (Å²) < 4.78 is 40.4. The predicted octanol–water partition coefficient (Wildman–Crippen LogP) is 0.838. The number of nitrogens with two attached hydrogens (primary N) is 1. The van der Waals surface area contributed by atoms with Gasteiger partial charge in [0.1, 0.15) is 5.82 Å². The molecule has 3 N–H and O–H groups in total. The summed E-state index contributed by atoms with van der Waals surface area (Å²) in [5, 5.41) is 7.22. The number of rotatable bonds is 6. The van der Waals surface area contributed by atoms with Gasteiger partial charge in [0, 0.05) is 20.1 Å². The molecule has 0 radical (unpaired) electrons. The second-order valence-electron chi connectivity index (χ2n) is 3.83. The van der Waals surface area contributed by atoms with Gasteiger partial charge in [-0.25, -0.2) is 17.9 Å². The number of benzene rings is 1. The molecule has 0 heterocycles. The monoisotopic (exact) mass is 290 g/mol. The van der Waals surface area contributed by atoms with Crippen LogP contribution in [-0.2, 0) is 19.6 Å². The minimum Gasteiger partial charge on any atom is -0.385 e. The van der Waals surface area contributed by atoms with Crippen molar-refractivity contribution >= 4 is 21.6 Å². The third-order valence-electron chi connectivity index (χ3n) is 2.29. The van der Waals surface area contributed by atoms with Crippen LogP contribution in [0.15, 0.2) is 23.1 Å². The van der Waals surface area contributed by atoms with Crippen LogP contribution in [0.3, 0.4) is 0 Å². The first-order valence-electron chi connectivity index (χ1n) is 5.45. The minimum absolute atomic E-state index is 0.146. The Morgan fingerprint density at radius 1 is 1.47 bits per heavy atom. The first-order valence-corrected chi connectivity index (χ1v) is 7.00. The number of primary sulfonamides is 1. The number of methoxy groups -OCH3 is 1. The van der Waals surface area contributed by atoms with E-state index < -0.39 is 21.7 Å². The fourth-order valence-electron chi connectivity index (χ4n) is 1.37. The van der Waals surface area contributed by atoms with Crippen LogP contribution >= 0.6 is 0 Å². The zero-order valence-corrected chi connectivity index (χ0v) is 11.2. The summed E-state index contributed by atoms with van der Waals surface area (Å²) in [5.41, 5.74) is -0.214. The van der Waals surface area contributed by atoms with Crippen LogP contribution in [-0.4, -0.2) is 28.0 Å². The molecule has 0 aliphatic heterocycles. The molecule has 0 aliphatic rings. The first-order chi connectivity index (χ1) is 8.84. The van der Waals surface area contributed by atoms with Crippen LogP contribution in [0.1, 0.15) is 12.8 Å². The molecule has 106 valence electrons. The molecule has 8 heteroatoms. The lowest BCUT2D eigenvalue weighted by molar-refractivity contribution is -0.116. The van der Waals surface area contributed by atoms with Crippen LogP contribution in [0.4, 0.5) is 10.1 Å². The van der Waals surface area contributed by atoms with E-state index in [2.05, 4.69) is 5.32 Å². The van der Waals surface area contributed by atoms with E-state index in [1.807, 2.05) is 0 Å². The van der Waals surface area contributed by atoms with Crippen LogP contribution in [0.2, 0.25) is 0 Å². The van der Waals surface area contributed by atoms with Crippen LogP contribution < -0.4 is 10.5 Å². The van der Waals surface area contributed by atoms with Gasteiger partial charge in [-0.3, -0.25) is 4.79 Å². The Kier molecular flexibility index (Phi) is 5.40. The van der Waals surface area contributed by atoms with E-state index in [-0.39, 0.29) is 17.0 Å². The first kappa shape index (κ1) is 15.5. The molecule has 0 aromatic heterocycles. The zero-order valence-electron chi connectivity index (χ0n) is 10.3. The molecule has 6 nitrogen and oxygen atoms in total. The number of hydrogen-bond donors (Lipinski definition) is 2. The van der Waals surface area contributed by atoms with Crippen molar-refractivity contribution in [1.29, 1.82) is 0 Å². The summed E-state index contributed by atoms with van der Waals surface area (Å²) in [5.74, 6) is -1.16. The molecule has 1 aromatic carbocycles. The molecule has 0 bridgehead atoms. The number of anilines is 1. The van der Waals surface area contributed by atoms with E-state index in [4.69, 9.17) is 9.88 Å². The zero-order chi connectivity index (χ0) is 14.5. The molecule has 0 unspecified atom stereocenters. The lowest BCUT2D eigenvalue weighted by Gasteiger charge is -2.08. The highest BCUT2D eigenvalue weighted by Gasteiger charge is 2.13. The Balaban J connectivity index is 2.80. The summed E-state index contributed by atoms with van der Waals surface area (Å²) >= 11 is 0. The summed E-state index contributed by atoms with van der Waals surface area (Å²) in [6.45, 7) is 0.410. The normalized spacial score (nSPS) is 11.3. The maximum absolute atomic E-state index is 13.4. The number of carbonyl (C=O) groups is 1. The largest absolute Gasteiger partial charge is 0.385 e. The molecule has 0 saturated carbocycles. The Bertz CT molecular complexity index is 560. The predicted molar refractivity (Wildman–Crippen MR) is 67.5 cm³/mol. The highest BCUT2D eigenvalue weighted by molar-refractivity contribution is 7.89. The Morgan fingerprint density at radius 2 is 2.16 bits per heavy atom. The van der Waals surface area contributed by atoms with Crippen LogP contribution in [0, 0.1) is 5.82 Å². The second kappa shape index (κ2) is 6.60. The molecular formula is C11H15FN2O4S. The molecule has 0 saturated heterocycles. The van der Waals surface area contributed by atoms with E-state index in [1.165, 1.54) is 7.11 Å². The van der Waals surface area contributed by atoms with E-state index in [9.17, 15) is 17.6 Å². The lowest BCUT2D eigenvalue weighted by atomic mass is 10.2. The molecule has 1 amide bonds. The van der Waals surface area contributed by atoms with Crippen molar-refractivity contribution in [2.45, 2.75) is 17.7 Å². The highest BCUT2D eigenvalue weighted by Crippen LogP contribution is 2.19. The second-order valence-corrected chi connectivity index (χ2v) is 5.39. The van der Waals surface area contributed by atoms with Gasteiger partial charge >= 0.3 is 0 Å². The van der Waals surface area contributed by atoms with Gasteiger partial charge in [-0.15, -0.1) is 0 Å². The molecule has 0 fully saturated rings. The van der Waals surface area contributed by atoms with Crippen molar-refractivity contribution in [2.24, 2.45) is 5.14 Å². The third kappa shape index (κ3) is 4.93. The fraction of sp³-hybridized carbons (Fsp3) is 0.364. The Hall–Kier alpha value is -1.51. The summed E-state index contributed by atoms with van der Waals surface area (Å²) in [4.78, 5) is 11.2. The summed E-state index contributed by atoms with van der Waals surface area (Å²) in [7, 11) is -2.43. The van der Waals surface area contributed by atoms with Gasteiger partial charge in [-0.05, 0) is 24.6 Å². The molecule has 1 aromatic rings. The van der Waals surface area contributed by atoms with Gasteiger partial charge in [0.25, 0.3) is 0 Å². The van der Waals surface area contributed by atoms with Gasteiger partial charge in [0.05, 0.1) is 10.6 Å². The van der Waals surface area contributed by atoms with Crippen molar-refractivity contribution in [1.82, 2.24) is 0 Å². The standard InChI is InChI=1S/C11H15FN2O4S/c1-18-6-2-3-11(15)14-10-7-8(19(13,16)17)4-5-9(10)12/h4-5,7H,2-3,6H2,1H3,(H,14,15)(H2,13,16,17). The van der Waals surface area contributed by atoms with Crippen molar-refractivity contribution in [3.05, 3.63) is 24.0 Å². The third-order valence-corrected chi connectivity index (χ3v) is 3.20. The number of halogens is 1. The smallest absolute Gasteiger partial charge is 0.238 e. The topological polar surface area (TPSA) is 98.5 Å². The van der Waals surface area contributed by atoms with Gasteiger partial charge in [-0.2, -0.15) is 0 Å². The van der Waals surface area contributed by atoms with E-state index in [0.717, 1.165) is 18.2 Å². The van der Waals surface area contributed by atoms with Crippen molar-refractivity contribution < 1.29 is 22.3 Å². The van der Waals surface area contributed by atoms with Gasteiger partial charge in [0.15, 0.2) is 0 Å². The quantitative estimate of drug-likeness (QED) is 0.758. The van der Waals surface area contributed by atoms with Crippen molar-refractivity contribution in [2.75, 3.05) is 19.0 Å².